The van der Waals surface area contributed by atoms with Crippen LogP contribution < -0.4 is 0 Å². The van der Waals surface area contributed by atoms with Crippen LogP contribution in [0.15, 0.2) is 59.1 Å². The predicted octanol–water partition coefficient (Wildman–Crippen LogP) is 2.31. The molecule has 152 valence electrons. The standard InChI is InChI=1S/C19H19N3O5S2/c23-19(27-14-15-2-4-16(5-3-15)22-8-1-7-20-22)18-17(6-13-28-18)29(24,25)21-9-11-26-12-10-21/h1-8,13H,9-12,14H2. The number of esters is 1. The molecule has 1 fully saturated rings. The monoisotopic (exact) mass is 433 g/mol. The van der Waals surface area contributed by atoms with Gasteiger partial charge in [0.05, 0.1) is 18.9 Å². The molecule has 0 spiro atoms. The van der Waals surface area contributed by atoms with Crippen molar-refractivity contribution >= 4 is 27.3 Å². The minimum Gasteiger partial charge on any atom is -0.457 e. The molecule has 8 nitrogen and oxygen atoms in total. The maximum absolute atomic E-state index is 12.9. The van der Waals surface area contributed by atoms with E-state index in [0.29, 0.717) is 13.2 Å². The normalized spacial score (nSPS) is 15.3. The summed E-state index contributed by atoms with van der Waals surface area (Å²) < 4.78 is 39.4. The first kappa shape index (κ1) is 19.8. The number of rotatable bonds is 6. The highest BCUT2D eigenvalue weighted by Gasteiger charge is 2.31. The lowest BCUT2D eigenvalue weighted by atomic mass is 10.2. The van der Waals surface area contributed by atoms with E-state index in [1.54, 1.807) is 16.3 Å². The van der Waals surface area contributed by atoms with Gasteiger partial charge in [-0.1, -0.05) is 12.1 Å². The van der Waals surface area contributed by atoms with E-state index in [4.69, 9.17) is 9.47 Å². The summed E-state index contributed by atoms with van der Waals surface area (Å²) in [5.41, 5.74) is 1.69. The van der Waals surface area contributed by atoms with Crippen LogP contribution in [-0.4, -0.2) is 54.8 Å². The first-order valence-electron chi connectivity index (χ1n) is 8.97. The quantitative estimate of drug-likeness (QED) is 0.554. The molecule has 1 saturated heterocycles. The van der Waals surface area contributed by atoms with E-state index in [-0.39, 0.29) is 29.5 Å². The van der Waals surface area contributed by atoms with Crippen LogP contribution in [0.5, 0.6) is 0 Å². The highest BCUT2D eigenvalue weighted by atomic mass is 32.2. The molecule has 0 bridgehead atoms. The zero-order valence-electron chi connectivity index (χ0n) is 15.4. The molecule has 0 aliphatic carbocycles. The van der Waals surface area contributed by atoms with E-state index in [1.807, 2.05) is 36.5 Å². The third-order valence-corrected chi connectivity index (χ3v) is 7.44. The van der Waals surface area contributed by atoms with Crippen LogP contribution in [0.25, 0.3) is 5.69 Å². The SMILES string of the molecule is O=C(OCc1ccc(-n2cccn2)cc1)c1sccc1S(=O)(=O)N1CCOCC1. The third kappa shape index (κ3) is 4.25. The zero-order chi connectivity index (χ0) is 20.3. The van der Waals surface area contributed by atoms with Crippen LogP contribution in [0.4, 0.5) is 0 Å². The molecular weight excluding hydrogens is 414 g/mol. The predicted molar refractivity (Wildman–Crippen MR) is 107 cm³/mol. The van der Waals surface area contributed by atoms with E-state index >= 15 is 0 Å². The van der Waals surface area contributed by atoms with Gasteiger partial charge in [-0.3, -0.25) is 0 Å². The fourth-order valence-corrected chi connectivity index (χ4v) is 5.65. The highest BCUT2D eigenvalue weighted by molar-refractivity contribution is 7.89. The Balaban J connectivity index is 1.44. The summed E-state index contributed by atoms with van der Waals surface area (Å²) in [6, 6.07) is 10.7. The molecule has 3 aromatic rings. The first-order chi connectivity index (χ1) is 14.1. The Labute approximate surface area is 172 Å². The number of carbonyl (C=O) groups excluding carboxylic acids is 1. The average molecular weight is 434 g/mol. The first-order valence-corrected chi connectivity index (χ1v) is 11.3. The summed E-state index contributed by atoms with van der Waals surface area (Å²) >= 11 is 1.06. The maximum atomic E-state index is 12.9. The van der Waals surface area contributed by atoms with Crippen LogP contribution in [-0.2, 0) is 26.1 Å². The van der Waals surface area contributed by atoms with Gasteiger partial charge < -0.3 is 9.47 Å². The fourth-order valence-electron chi connectivity index (χ4n) is 2.96. The summed E-state index contributed by atoms with van der Waals surface area (Å²) in [5.74, 6) is -0.650. The van der Waals surface area contributed by atoms with Gasteiger partial charge in [0.1, 0.15) is 16.4 Å². The zero-order valence-corrected chi connectivity index (χ0v) is 17.1. The van der Waals surface area contributed by atoms with Crippen molar-refractivity contribution in [3.63, 3.8) is 0 Å². The number of hydrogen-bond donors (Lipinski definition) is 0. The van der Waals surface area contributed by atoms with Crippen molar-refractivity contribution in [1.82, 2.24) is 14.1 Å². The van der Waals surface area contributed by atoms with Crippen molar-refractivity contribution in [2.45, 2.75) is 11.5 Å². The Hall–Kier alpha value is -2.53. The molecule has 10 heteroatoms. The van der Waals surface area contributed by atoms with Gasteiger partial charge in [0.15, 0.2) is 0 Å². The molecule has 0 amide bonds. The van der Waals surface area contributed by atoms with Gasteiger partial charge in [0.2, 0.25) is 10.0 Å². The van der Waals surface area contributed by atoms with Crippen molar-refractivity contribution in [3.05, 3.63) is 64.6 Å². The molecule has 1 aromatic carbocycles. The van der Waals surface area contributed by atoms with Gasteiger partial charge >= 0.3 is 5.97 Å². The molecule has 1 aliphatic heterocycles. The lowest BCUT2D eigenvalue weighted by molar-refractivity contribution is 0.0473. The second-order valence-corrected chi connectivity index (χ2v) is 9.15. The van der Waals surface area contributed by atoms with Gasteiger partial charge in [-0.2, -0.15) is 9.40 Å². The molecule has 3 heterocycles. The number of aromatic nitrogens is 2. The second-order valence-electron chi connectivity index (χ2n) is 6.32. The molecular formula is C19H19N3O5S2. The number of sulfonamides is 1. The Morgan fingerprint density at radius 1 is 1.17 bits per heavy atom. The Bertz CT molecular complexity index is 1070. The lowest BCUT2D eigenvalue weighted by Gasteiger charge is -2.25. The smallest absolute Gasteiger partial charge is 0.350 e. The minimum atomic E-state index is -3.75. The number of thiophene rings is 1. The molecule has 0 radical (unpaired) electrons. The van der Waals surface area contributed by atoms with Gasteiger partial charge in [-0.05, 0) is 35.2 Å². The van der Waals surface area contributed by atoms with Gasteiger partial charge in [-0.15, -0.1) is 11.3 Å². The molecule has 0 saturated carbocycles. The number of hydrogen-bond acceptors (Lipinski definition) is 7. The summed E-state index contributed by atoms with van der Waals surface area (Å²) in [5, 5.41) is 5.75. The number of morpholine rings is 1. The van der Waals surface area contributed by atoms with Crippen LogP contribution in [0, 0.1) is 0 Å². The second kappa shape index (κ2) is 8.46. The van der Waals surface area contributed by atoms with Crippen molar-refractivity contribution in [2.24, 2.45) is 0 Å². The van der Waals surface area contributed by atoms with Gasteiger partial charge in [0, 0.05) is 25.5 Å². The Morgan fingerprint density at radius 2 is 1.93 bits per heavy atom. The minimum absolute atomic E-state index is 0.0107. The lowest BCUT2D eigenvalue weighted by Crippen LogP contribution is -2.40. The van der Waals surface area contributed by atoms with E-state index in [9.17, 15) is 13.2 Å². The number of benzene rings is 1. The van der Waals surface area contributed by atoms with E-state index in [2.05, 4.69) is 5.10 Å². The largest absolute Gasteiger partial charge is 0.457 e. The molecule has 1 aliphatic rings. The summed E-state index contributed by atoms with van der Waals surface area (Å²) in [6.07, 6.45) is 3.53. The number of carbonyl (C=O) groups is 1. The molecule has 29 heavy (non-hydrogen) atoms. The molecule has 0 N–H and O–H groups in total. The average Bonchev–Trinajstić information content (AvgIpc) is 3.45. The van der Waals surface area contributed by atoms with Crippen molar-refractivity contribution in [1.29, 1.82) is 0 Å². The van der Waals surface area contributed by atoms with E-state index in [1.165, 1.54) is 10.4 Å². The van der Waals surface area contributed by atoms with Crippen molar-refractivity contribution in [2.75, 3.05) is 26.3 Å². The van der Waals surface area contributed by atoms with Gasteiger partial charge in [0.25, 0.3) is 0 Å². The molecule has 0 atom stereocenters. The van der Waals surface area contributed by atoms with E-state index < -0.39 is 16.0 Å². The number of ether oxygens (including phenoxy) is 2. The molecule has 4 rings (SSSR count). The summed E-state index contributed by atoms with van der Waals surface area (Å²) in [7, 11) is -3.75. The summed E-state index contributed by atoms with van der Waals surface area (Å²) in [4.78, 5) is 12.6. The van der Waals surface area contributed by atoms with Crippen LogP contribution in [0.2, 0.25) is 0 Å². The molecule has 0 unspecified atom stereocenters. The fraction of sp³-hybridized carbons (Fsp3) is 0.263. The third-order valence-electron chi connectivity index (χ3n) is 4.48. The van der Waals surface area contributed by atoms with Crippen LogP contribution >= 0.6 is 11.3 Å². The van der Waals surface area contributed by atoms with Crippen molar-refractivity contribution < 1.29 is 22.7 Å². The van der Waals surface area contributed by atoms with Gasteiger partial charge in [-0.25, -0.2) is 17.9 Å². The topological polar surface area (TPSA) is 90.7 Å². The van der Waals surface area contributed by atoms with Crippen LogP contribution in [0.3, 0.4) is 0 Å². The highest BCUT2D eigenvalue weighted by Crippen LogP contribution is 2.27. The Morgan fingerprint density at radius 3 is 2.62 bits per heavy atom. The van der Waals surface area contributed by atoms with Crippen molar-refractivity contribution in [3.8, 4) is 5.69 Å². The Kier molecular flexibility index (Phi) is 5.76. The van der Waals surface area contributed by atoms with E-state index in [0.717, 1.165) is 22.6 Å². The molecule has 2 aromatic heterocycles. The van der Waals surface area contributed by atoms with Crippen LogP contribution in [0.1, 0.15) is 15.2 Å². The maximum Gasteiger partial charge on any atom is 0.350 e. The summed E-state index contributed by atoms with van der Waals surface area (Å²) in [6.45, 7) is 1.28. The number of nitrogens with zero attached hydrogens (tertiary/aromatic N) is 3.